The third kappa shape index (κ3) is 1.77. The molecule has 74 valence electrons. The number of nitriles is 1. The van der Waals surface area contributed by atoms with Gasteiger partial charge in [0.15, 0.2) is 0 Å². The van der Waals surface area contributed by atoms with Gasteiger partial charge in [0.2, 0.25) is 0 Å². The topological polar surface area (TPSA) is 49.6 Å². The van der Waals surface area contributed by atoms with E-state index in [1.165, 1.54) is 6.33 Å². The number of hydrogen-bond donors (Lipinski definition) is 0. The molecule has 0 aliphatic rings. The van der Waals surface area contributed by atoms with E-state index in [1.807, 2.05) is 24.3 Å². The van der Waals surface area contributed by atoms with Gasteiger partial charge in [-0.1, -0.05) is 18.2 Å². The molecule has 3 nitrogen and oxygen atoms in total. The molecule has 1 aromatic heterocycles. The largest absolute Gasteiger partial charge is 0.239 e. The van der Waals surface area contributed by atoms with Crippen molar-refractivity contribution >= 4 is 22.5 Å². The fourth-order valence-electron chi connectivity index (χ4n) is 1.47. The summed E-state index contributed by atoms with van der Waals surface area (Å²) in [5.41, 5.74) is 1.55. The molecule has 4 heteroatoms. The van der Waals surface area contributed by atoms with E-state index >= 15 is 0 Å². The Bertz CT molecular complexity index is 513. The summed E-state index contributed by atoms with van der Waals surface area (Å²) in [5, 5.41) is 9.84. The maximum atomic E-state index is 8.94. The maximum absolute atomic E-state index is 8.94. The van der Waals surface area contributed by atoms with Crippen LogP contribution in [0.25, 0.3) is 10.9 Å². The van der Waals surface area contributed by atoms with Gasteiger partial charge in [-0.25, -0.2) is 9.97 Å². The highest BCUT2D eigenvalue weighted by Crippen LogP contribution is 2.22. The van der Waals surface area contributed by atoms with Gasteiger partial charge in [-0.2, -0.15) is 5.26 Å². The number of rotatable bonds is 2. The molecule has 1 heterocycles. The Hall–Kier alpha value is -1.66. The van der Waals surface area contributed by atoms with Crippen molar-refractivity contribution in [2.75, 3.05) is 5.88 Å². The summed E-state index contributed by atoms with van der Waals surface area (Å²) in [4.78, 5) is 8.26. The molecule has 0 amide bonds. The van der Waals surface area contributed by atoms with Crippen LogP contribution in [0.15, 0.2) is 30.6 Å². The second kappa shape index (κ2) is 4.24. The normalized spacial score (nSPS) is 12.3. The van der Waals surface area contributed by atoms with Crippen molar-refractivity contribution in [1.29, 1.82) is 5.26 Å². The highest BCUT2D eigenvalue weighted by Gasteiger charge is 2.14. The van der Waals surface area contributed by atoms with Crippen molar-refractivity contribution in [3.05, 3.63) is 36.3 Å². The van der Waals surface area contributed by atoms with Crippen molar-refractivity contribution < 1.29 is 0 Å². The number of nitrogens with zero attached hydrogens (tertiary/aromatic N) is 3. The first kappa shape index (κ1) is 9.88. The summed E-state index contributed by atoms with van der Waals surface area (Å²) in [6.07, 6.45) is 1.47. The van der Waals surface area contributed by atoms with Crippen LogP contribution in [-0.2, 0) is 0 Å². The lowest BCUT2D eigenvalue weighted by Gasteiger charge is -2.07. The van der Waals surface area contributed by atoms with Crippen molar-refractivity contribution in [1.82, 2.24) is 9.97 Å². The number of aromatic nitrogens is 2. The fourth-order valence-corrected chi connectivity index (χ4v) is 1.69. The second-order valence-corrected chi connectivity index (χ2v) is 3.42. The first-order valence-electron chi connectivity index (χ1n) is 4.52. The molecule has 0 spiro atoms. The number of fused-ring (bicyclic) bond motifs is 1. The van der Waals surface area contributed by atoms with Crippen LogP contribution in [0.5, 0.6) is 0 Å². The minimum absolute atomic E-state index is 0.248. The first-order chi connectivity index (χ1) is 7.36. The molecular weight excluding hydrogens is 210 g/mol. The Morgan fingerprint density at radius 2 is 2.13 bits per heavy atom. The number of hydrogen-bond acceptors (Lipinski definition) is 3. The molecule has 0 aliphatic carbocycles. The van der Waals surface area contributed by atoms with Crippen LogP contribution < -0.4 is 0 Å². The van der Waals surface area contributed by atoms with Gasteiger partial charge < -0.3 is 0 Å². The minimum atomic E-state index is -0.375. The average Bonchev–Trinajstić information content (AvgIpc) is 2.31. The fraction of sp³-hybridized carbons (Fsp3) is 0.182. The molecule has 2 rings (SSSR count). The number of benzene rings is 1. The molecule has 0 saturated carbocycles. The molecule has 2 aromatic rings. The predicted molar refractivity (Wildman–Crippen MR) is 58.6 cm³/mol. The number of halogens is 1. The predicted octanol–water partition coefficient (Wildman–Crippen LogP) is 2.48. The van der Waals surface area contributed by atoms with Crippen molar-refractivity contribution in [3.63, 3.8) is 0 Å². The van der Waals surface area contributed by atoms with Crippen LogP contribution in [0, 0.1) is 11.3 Å². The molecule has 1 aromatic carbocycles. The number of alkyl halides is 1. The molecule has 0 radical (unpaired) electrons. The highest BCUT2D eigenvalue weighted by atomic mass is 35.5. The Morgan fingerprint density at radius 1 is 1.33 bits per heavy atom. The summed E-state index contributed by atoms with van der Waals surface area (Å²) in [7, 11) is 0. The van der Waals surface area contributed by atoms with Gasteiger partial charge in [0.05, 0.1) is 17.3 Å². The molecular formula is C11H8ClN3. The molecule has 0 bridgehead atoms. The van der Waals surface area contributed by atoms with E-state index < -0.39 is 0 Å². The molecule has 0 saturated heterocycles. The van der Waals surface area contributed by atoms with Gasteiger partial charge in [0.1, 0.15) is 12.2 Å². The van der Waals surface area contributed by atoms with Crippen LogP contribution in [0.4, 0.5) is 0 Å². The van der Waals surface area contributed by atoms with E-state index in [9.17, 15) is 0 Å². The van der Waals surface area contributed by atoms with Crippen LogP contribution in [0.2, 0.25) is 0 Å². The Balaban J connectivity index is 2.66. The molecule has 0 N–H and O–H groups in total. The summed E-state index contributed by atoms with van der Waals surface area (Å²) < 4.78 is 0. The third-order valence-electron chi connectivity index (χ3n) is 2.21. The zero-order valence-corrected chi connectivity index (χ0v) is 8.65. The van der Waals surface area contributed by atoms with Crippen molar-refractivity contribution in [3.8, 4) is 6.07 Å². The van der Waals surface area contributed by atoms with Crippen molar-refractivity contribution in [2.24, 2.45) is 0 Å². The van der Waals surface area contributed by atoms with Gasteiger partial charge in [0, 0.05) is 11.3 Å². The quantitative estimate of drug-likeness (QED) is 0.727. The highest BCUT2D eigenvalue weighted by molar-refractivity contribution is 6.18. The van der Waals surface area contributed by atoms with E-state index in [0.717, 1.165) is 10.9 Å². The monoisotopic (exact) mass is 217 g/mol. The molecule has 0 aliphatic heterocycles. The van der Waals surface area contributed by atoms with Crippen LogP contribution >= 0.6 is 11.6 Å². The molecule has 0 fully saturated rings. The lowest BCUT2D eigenvalue weighted by atomic mass is 10.0. The van der Waals surface area contributed by atoms with Gasteiger partial charge >= 0.3 is 0 Å². The van der Waals surface area contributed by atoms with Crippen LogP contribution in [-0.4, -0.2) is 15.8 Å². The van der Waals surface area contributed by atoms with Gasteiger partial charge in [-0.15, -0.1) is 11.6 Å². The van der Waals surface area contributed by atoms with Gasteiger partial charge in [0.25, 0.3) is 0 Å². The van der Waals surface area contributed by atoms with E-state index in [-0.39, 0.29) is 11.8 Å². The lowest BCUT2D eigenvalue weighted by molar-refractivity contribution is 0.931. The zero-order chi connectivity index (χ0) is 10.7. The molecule has 1 atom stereocenters. The third-order valence-corrected chi connectivity index (χ3v) is 2.52. The summed E-state index contributed by atoms with van der Waals surface area (Å²) in [6.45, 7) is 0. The SMILES string of the molecule is N#CC(CCl)c1ncnc2ccccc12. The Morgan fingerprint density at radius 3 is 2.87 bits per heavy atom. The van der Waals surface area contributed by atoms with Gasteiger partial charge in [-0.05, 0) is 6.07 Å². The summed E-state index contributed by atoms with van der Waals surface area (Å²) in [5.74, 6) is -0.128. The standard InChI is InChI=1S/C11H8ClN3/c12-5-8(6-13)11-9-3-1-2-4-10(9)14-7-15-11/h1-4,7-8H,5H2. The lowest BCUT2D eigenvalue weighted by Crippen LogP contribution is -2.02. The average molecular weight is 218 g/mol. The summed E-state index contributed by atoms with van der Waals surface area (Å²) in [6, 6.07) is 9.74. The summed E-state index contributed by atoms with van der Waals surface area (Å²) >= 11 is 5.72. The molecule has 15 heavy (non-hydrogen) atoms. The van der Waals surface area contributed by atoms with Gasteiger partial charge in [-0.3, -0.25) is 0 Å². The van der Waals surface area contributed by atoms with Crippen LogP contribution in [0.1, 0.15) is 11.6 Å². The number of para-hydroxylation sites is 1. The van der Waals surface area contributed by atoms with Crippen molar-refractivity contribution in [2.45, 2.75) is 5.92 Å². The zero-order valence-electron chi connectivity index (χ0n) is 7.89. The van der Waals surface area contributed by atoms with Crippen LogP contribution in [0.3, 0.4) is 0 Å². The second-order valence-electron chi connectivity index (χ2n) is 3.11. The van der Waals surface area contributed by atoms with E-state index in [0.29, 0.717) is 5.69 Å². The smallest absolute Gasteiger partial charge is 0.116 e. The first-order valence-corrected chi connectivity index (χ1v) is 5.05. The Kier molecular flexibility index (Phi) is 2.79. The van der Waals surface area contributed by atoms with E-state index in [1.54, 1.807) is 0 Å². The van der Waals surface area contributed by atoms with E-state index in [4.69, 9.17) is 16.9 Å². The Labute approximate surface area is 92.3 Å². The molecule has 1 unspecified atom stereocenters. The van der Waals surface area contributed by atoms with E-state index in [2.05, 4.69) is 16.0 Å². The maximum Gasteiger partial charge on any atom is 0.116 e. The minimum Gasteiger partial charge on any atom is -0.239 e.